The molecule has 0 N–H and O–H groups in total. The van der Waals surface area contributed by atoms with Crippen LogP contribution in [0.3, 0.4) is 0 Å². The lowest BCUT2D eigenvalue weighted by molar-refractivity contribution is -0.137. The molecule has 1 amide bonds. The maximum Gasteiger partial charge on any atom is 0.245 e. The summed E-state index contributed by atoms with van der Waals surface area (Å²) in [6, 6.07) is 16.0. The first kappa shape index (κ1) is 22.0. The maximum absolute atomic E-state index is 13.6. The van der Waals surface area contributed by atoms with Gasteiger partial charge in [0.15, 0.2) is 0 Å². The van der Waals surface area contributed by atoms with Crippen LogP contribution in [0.25, 0.3) is 0 Å². The lowest BCUT2D eigenvalue weighted by Gasteiger charge is -2.34. The van der Waals surface area contributed by atoms with Crippen molar-refractivity contribution in [1.82, 2.24) is 14.1 Å². The van der Waals surface area contributed by atoms with Crippen molar-refractivity contribution in [3.63, 3.8) is 0 Å². The van der Waals surface area contributed by atoms with Crippen LogP contribution in [-0.4, -0.2) is 73.9 Å². The third-order valence-corrected chi connectivity index (χ3v) is 7.77. The number of aryl methyl sites for hydroxylation is 1. The third kappa shape index (κ3) is 4.52. The minimum Gasteiger partial charge on any atom is -0.379 e. The summed E-state index contributed by atoms with van der Waals surface area (Å²) in [4.78, 5) is 17.4. The molecule has 2 atom stereocenters. The van der Waals surface area contributed by atoms with Gasteiger partial charge < -0.3 is 9.64 Å². The number of morpholine rings is 1. The summed E-state index contributed by atoms with van der Waals surface area (Å²) in [6.07, 6.45) is -0.670. The molecule has 7 nitrogen and oxygen atoms in total. The molecule has 2 heterocycles. The molecule has 2 fully saturated rings. The Bertz CT molecular complexity index is 1000. The summed E-state index contributed by atoms with van der Waals surface area (Å²) < 4.78 is 34.0. The van der Waals surface area contributed by atoms with Crippen LogP contribution in [-0.2, 0) is 19.6 Å². The number of carbonyl (C=O) groups is 1. The molecule has 0 aliphatic carbocycles. The monoisotopic (exact) mass is 443 g/mol. The fourth-order valence-corrected chi connectivity index (χ4v) is 5.92. The van der Waals surface area contributed by atoms with Crippen molar-refractivity contribution in [2.24, 2.45) is 0 Å². The second kappa shape index (κ2) is 9.08. The first-order valence-corrected chi connectivity index (χ1v) is 12.1. The van der Waals surface area contributed by atoms with E-state index in [-0.39, 0.29) is 29.9 Å². The summed E-state index contributed by atoms with van der Waals surface area (Å²) in [5.41, 5.74) is 1.79. The van der Waals surface area contributed by atoms with Crippen molar-refractivity contribution in [3.8, 4) is 0 Å². The first-order valence-electron chi connectivity index (χ1n) is 10.6. The van der Waals surface area contributed by atoms with Crippen molar-refractivity contribution in [2.75, 3.05) is 39.4 Å². The number of carbonyl (C=O) groups excluding carboxylic acids is 1. The summed E-state index contributed by atoms with van der Waals surface area (Å²) in [6.45, 7) is 6.98. The number of hydrogen-bond donors (Lipinski definition) is 0. The SMILES string of the molecule is Cc1ccc(S(=O)(=O)N2C[C@@H](C)N(C(=O)CN3CCOCC3)[C@H]2c2ccccc2)cc1. The van der Waals surface area contributed by atoms with Gasteiger partial charge in [-0.25, -0.2) is 8.42 Å². The average Bonchev–Trinajstić information content (AvgIpc) is 3.13. The van der Waals surface area contributed by atoms with E-state index in [1.807, 2.05) is 44.2 Å². The van der Waals surface area contributed by atoms with Crippen LogP contribution in [0.4, 0.5) is 0 Å². The van der Waals surface area contributed by atoms with Crippen molar-refractivity contribution >= 4 is 15.9 Å². The van der Waals surface area contributed by atoms with Crippen LogP contribution in [0.5, 0.6) is 0 Å². The van der Waals surface area contributed by atoms with Gasteiger partial charge in [-0.15, -0.1) is 0 Å². The molecule has 0 aromatic heterocycles. The standard InChI is InChI=1S/C23H29N3O4S/c1-18-8-10-21(11-9-18)31(28,29)25-16-19(2)26(23(25)20-6-4-3-5-7-20)22(27)17-24-12-14-30-15-13-24/h3-11,19,23H,12-17H2,1-2H3/t19-,23+/m1/s1. The van der Waals surface area contributed by atoms with E-state index >= 15 is 0 Å². The zero-order valence-electron chi connectivity index (χ0n) is 18.0. The molecule has 2 aliphatic heterocycles. The number of hydrogen-bond acceptors (Lipinski definition) is 5. The smallest absolute Gasteiger partial charge is 0.245 e. The van der Waals surface area contributed by atoms with Crippen LogP contribution in [0.2, 0.25) is 0 Å². The van der Waals surface area contributed by atoms with Crippen molar-refractivity contribution < 1.29 is 17.9 Å². The molecule has 2 aliphatic rings. The fraction of sp³-hybridized carbons (Fsp3) is 0.435. The Hall–Kier alpha value is -2.26. The van der Waals surface area contributed by atoms with Gasteiger partial charge in [0.2, 0.25) is 15.9 Å². The molecule has 4 rings (SSSR count). The molecule has 2 aromatic rings. The zero-order valence-corrected chi connectivity index (χ0v) is 18.8. The molecule has 2 aromatic carbocycles. The quantitative estimate of drug-likeness (QED) is 0.709. The van der Waals surface area contributed by atoms with Gasteiger partial charge in [0, 0.05) is 25.7 Å². The Kier molecular flexibility index (Phi) is 6.43. The lowest BCUT2D eigenvalue weighted by atomic mass is 10.1. The summed E-state index contributed by atoms with van der Waals surface area (Å²) >= 11 is 0. The summed E-state index contributed by atoms with van der Waals surface area (Å²) in [5, 5.41) is 0. The topological polar surface area (TPSA) is 70.2 Å². The highest BCUT2D eigenvalue weighted by Crippen LogP contribution is 2.38. The maximum atomic E-state index is 13.6. The van der Waals surface area contributed by atoms with Gasteiger partial charge in [0.25, 0.3) is 0 Å². The van der Waals surface area contributed by atoms with Crippen LogP contribution < -0.4 is 0 Å². The Balaban J connectivity index is 1.68. The Morgan fingerprint density at radius 1 is 1.03 bits per heavy atom. The van der Waals surface area contributed by atoms with Crippen molar-refractivity contribution in [1.29, 1.82) is 0 Å². The minimum atomic E-state index is -3.78. The number of nitrogens with zero attached hydrogens (tertiary/aromatic N) is 3. The second-order valence-corrected chi connectivity index (χ2v) is 10.1. The molecule has 31 heavy (non-hydrogen) atoms. The predicted octanol–water partition coefficient (Wildman–Crippen LogP) is 2.25. The van der Waals surface area contributed by atoms with Gasteiger partial charge in [0.1, 0.15) is 6.17 Å². The third-order valence-electron chi connectivity index (χ3n) is 5.93. The molecular weight excluding hydrogens is 414 g/mol. The van der Waals surface area contributed by atoms with Crippen LogP contribution in [0.15, 0.2) is 59.5 Å². The second-order valence-electron chi connectivity index (χ2n) is 8.21. The van der Waals surface area contributed by atoms with E-state index < -0.39 is 16.2 Å². The highest BCUT2D eigenvalue weighted by atomic mass is 32.2. The molecule has 0 unspecified atom stereocenters. The Morgan fingerprint density at radius 2 is 1.68 bits per heavy atom. The highest BCUT2D eigenvalue weighted by molar-refractivity contribution is 7.89. The number of benzene rings is 2. The molecule has 0 radical (unpaired) electrons. The molecular formula is C23H29N3O4S. The number of rotatable bonds is 5. The largest absolute Gasteiger partial charge is 0.379 e. The van der Waals surface area contributed by atoms with E-state index in [4.69, 9.17) is 4.74 Å². The molecule has 0 bridgehead atoms. The van der Waals surface area contributed by atoms with Gasteiger partial charge in [-0.05, 0) is 31.5 Å². The van der Waals surface area contributed by atoms with Crippen LogP contribution >= 0.6 is 0 Å². The molecule has 166 valence electrons. The van der Waals surface area contributed by atoms with Gasteiger partial charge in [-0.1, -0.05) is 48.0 Å². The first-order chi connectivity index (χ1) is 14.9. The van der Waals surface area contributed by atoms with E-state index in [9.17, 15) is 13.2 Å². The molecule has 8 heteroatoms. The number of sulfonamides is 1. The Labute approximate surface area is 184 Å². The van der Waals surface area contributed by atoms with E-state index in [2.05, 4.69) is 4.90 Å². The average molecular weight is 444 g/mol. The van der Waals surface area contributed by atoms with Crippen LogP contribution in [0, 0.1) is 6.92 Å². The summed E-state index contributed by atoms with van der Waals surface area (Å²) in [7, 11) is -3.78. The van der Waals surface area contributed by atoms with Crippen LogP contribution in [0.1, 0.15) is 24.2 Å². The van der Waals surface area contributed by atoms with Gasteiger partial charge >= 0.3 is 0 Å². The molecule has 0 spiro atoms. The zero-order chi connectivity index (χ0) is 22.0. The predicted molar refractivity (Wildman–Crippen MR) is 118 cm³/mol. The van der Waals surface area contributed by atoms with Gasteiger partial charge in [-0.2, -0.15) is 4.31 Å². The fourth-order valence-electron chi connectivity index (χ4n) is 4.27. The summed E-state index contributed by atoms with van der Waals surface area (Å²) in [5.74, 6) is -0.0649. The van der Waals surface area contributed by atoms with E-state index in [0.717, 1.165) is 11.1 Å². The minimum absolute atomic E-state index is 0.0649. The Morgan fingerprint density at radius 3 is 2.32 bits per heavy atom. The van der Waals surface area contributed by atoms with Gasteiger partial charge in [0.05, 0.1) is 24.7 Å². The lowest BCUT2D eigenvalue weighted by Crippen LogP contribution is -2.47. The number of amides is 1. The van der Waals surface area contributed by atoms with Gasteiger partial charge in [-0.3, -0.25) is 9.69 Å². The molecule has 2 saturated heterocycles. The highest BCUT2D eigenvalue weighted by Gasteiger charge is 2.47. The van der Waals surface area contributed by atoms with Crippen molar-refractivity contribution in [3.05, 3.63) is 65.7 Å². The number of ether oxygens (including phenoxy) is 1. The van der Waals surface area contributed by atoms with E-state index in [0.29, 0.717) is 26.3 Å². The van der Waals surface area contributed by atoms with Crippen molar-refractivity contribution in [2.45, 2.75) is 31.0 Å². The van der Waals surface area contributed by atoms with E-state index in [1.54, 1.807) is 29.2 Å². The molecule has 0 saturated carbocycles. The normalized spacial score (nSPS) is 23.2. The van der Waals surface area contributed by atoms with E-state index in [1.165, 1.54) is 4.31 Å².